The number of hydrogen-bond acceptors (Lipinski definition) is 5. The van der Waals surface area contributed by atoms with Crippen LogP contribution >= 0.6 is 34.5 Å². The summed E-state index contributed by atoms with van der Waals surface area (Å²) in [6.45, 7) is 3.04. The third-order valence-electron chi connectivity index (χ3n) is 3.55. The van der Waals surface area contributed by atoms with Crippen LogP contribution in [-0.4, -0.2) is 37.6 Å². The molecular formula is C16H15Cl2N5OS. The number of carbonyl (C=O) groups excluding carboxylic acids is 1. The summed E-state index contributed by atoms with van der Waals surface area (Å²) >= 11 is 13.5. The number of nitrogens with zero attached hydrogens (tertiary/aromatic N) is 5. The first-order valence-electron chi connectivity index (χ1n) is 7.61. The number of halogens is 2. The molecule has 0 atom stereocenters. The molecule has 2 heterocycles. The minimum Gasteiger partial charge on any atom is -0.336 e. The van der Waals surface area contributed by atoms with E-state index in [1.165, 1.54) is 16.1 Å². The van der Waals surface area contributed by atoms with Crippen molar-refractivity contribution in [2.75, 3.05) is 6.54 Å². The molecule has 0 aliphatic rings. The van der Waals surface area contributed by atoms with Crippen molar-refractivity contribution in [3.05, 3.63) is 50.6 Å². The molecule has 9 heteroatoms. The summed E-state index contributed by atoms with van der Waals surface area (Å²) in [5, 5.41) is 12.7. The molecule has 130 valence electrons. The lowest BCUT2D eigenvalue weighted by Crippen LogP contribution is -2.33. The van der Waals surface area contributed by atoms with E-state index in [4.69, 9.17) is 23.2 Å². The van der Waals surface area contributed by atoms with E-state index in [1.54, 1.807) is 11.0 Å². The third-order valence-corrected chi connectivity index (χ3v) is 5.10. The maximum absolute atomic E-state index is 12.5. The largest absolute Gasteiger partial charge is 0.336 e. The second kappa shape index (κ2) is 7.95. The molecule has 0 N–H and O–H groups in total. The summed E-state index contributed by atoms with van der Waals surface area (Å²) in [4.78, 5) is 16.5. The molecule has 6 nitrogen and oxygen atoms in total. The van der Waals surface area contributed by atoms with Crippen LogP contribution in [0, 0.1) is 0 Å². The highest BCUT2D eigenvalue weighted by Crippen LogP contribution is 2.24. The zero-order valence-electron chi connectivity index (χ0n) is 13.4. The summed E-state index contributed by atoms with van der Waals surface area (Å²) in [5.74, 6) is 0.307. The van der Waals surface area contributed by atoms with E-state index >= 15 is 0 Å². The first kappa shape index (κ1) is 17.8. The Balaban J connectivity index is 1.69. The molecule has 0 saturated heterocycles. The molecule has 0 spiro atoms. The number of rotatable bonds is 6. The maximum Gasteiger partial charge on any atom is 0.246 e. The van der Waals surface area contributed by atoms with Crippen LogP contribution in [0.1, 0.15) is 11.8 Å². The molecule has 2 aromatic heterocycles. The molecule has 1 aromatic carbocycles. The lowest BCUT2D eigenvalue weighted by molar-refractivity contribution is -0.132. The molecule has 0 aliphatic carbocycles. The fraction of sp³-hybridized carbons (Fsp3) is 0.250. The van der Waals surface area contributed by atoms with E-state index in [9.17, 15) is 4.79 Å². The van der Waals surface area contributed by atoms with E-state index in [2.05, 4.69) is 15.4 Å². The Hall–Kier alpha value is -1.96. The summed E-state index contributed by atoms with van der Waals surface area (Å²) in [6, 6.07) is 11.0. The molecule has 0 aliphatic heterocycles. The van der Waals surface area contributed by atoms with Crippen LogP contribution in [0.5, 0.6) is 0 Å². The SMILES string of the molecule is CCN(Cc1ccc(Cl)s1)C(=O)Cn1nnc(-c2ccccc2Cl)n1. The van der Waals surface area contributed by atoms with Crippen molar-refractivity contribution >= 4 is 40.4 Å². The van der Waals surface area contributed by atoms with Gasteiger partial charge in [0.2, 0.25) is 11.7 Å². The molecule has 0 fully saturated rings. The lowest BCUT2D eigenvalue weighted by atomic mass is 10.2. The molecule has 0 saturated carbocycles. The van der Waals surface area contributed by atoms with Crippen LogP contribution in [0.25, 0.3) is 11.4 Å². The smallest absolute Gasteiger partial charge is 0.246 e. The average molecular weight is 396 g/mol. The number of thiophene rings is 1. The van der Waals surface area contributed by atoms with Gasteiger partial charge in [0.1, 0.15) is 6.54 Å². The second-order valence-corrected chi connectivity index (χ2v) is 7.44. The van der Waals surface area contributed by atoms with Crippen molar-refractivity contribution in [2.24, 2.45) is 0 Å². The highest BCUT2D eigenvalue weighted by Gasteiger charge is 2.16. The van der Waals surface area contributed by atoms with Crippen molar-refractivity contribution in [1.82, 2.24) is 25.1 Å². The van der Waals surface area contributed by atoms with E-state index in [1.807, 2.05) is 37.3 Å². The summed E-state index contributed by atoms with van der Waals surface area (Å²) in [6.07, 6.45) is 0. The first-order valence-corrected chi connectivity index (χ1v) is 9.18. The number of hydrogen-bond donors (Lipinski definition) is 0. The standard InChI is InChI=1S/C16H15Cl2N5OS/c1-2-22(9-11-7-8-14(18)25-11)15(24)10-23-20-16(19-21-23)12-5-3-4-6-13(12)17/h3-8H,2,9-10H2,1H3. The van der Waals surface area contributed by atoms with Gasteiger partial charge in [-0.2, -0.15) is 4.80 Å². The molecule has 3 aromatic rings. The van der Waals surface area contributed by atoms with E-state index in [-0.39, 0.29) is 12.5 Å². The predicted molar refractivity (Wildman–Crippen MR) is 98.7 cm³/mol. The van der Waals surface area contributed by atoms with Gasteiger partial charge in [-0.25, -0.2) is 0 Å². The summed E-state index contributed by atoms with van der Waals surface area (Å²) < 4.78 is 0.709. The van der Waals surface area contributed by atoms with Gasteiger partial charge in [-0.1, -0.05) is 35.3 Å². The zero-order chi connectivity index (χ0) is 17.8. The Kier molecular flexibility index (Phi) is 5.67. The highest BCUT2D eigenvalue weighted by molar-refractivity contribution is 7.16. The quantitative estimate of drug-likeness (QED) is 0.637. The zero-order valence-corrected chi connectivity index (χ0v) is 15.7. The number of carbonyl (C=O) groups is 1. The predicted octanol–water partition coefficient (Wildman–Crippen LogP) is 3.76. The van der Waals surface area contributed by atoms with Crippen molar-refractivity contribution < 1.29 is 4.79 Å². The fourth-order valence-electron chi connectivity index (χ4n) is 2.28. The molecule has 0 bridgehead atoms. The Labute approximate surface area is 159 Å². The normalized spacial score (nSPS) is 10.8. The van der Waals surface area contributed by atoms with Crippen LogP contribution in [-0.2, 0) is 17.9 Å². The van der Waals surface area contributed by atoms with Crippen LogP contribution in [0.4, 0.5) is 0 Å². The molecular weight excluding hydrogens is 381 g/mol. The van der Waals surface area contributed by atoms with Gasteiger partial charge in [0.25, 0.3) is 0 Å². The lowest BCUT2D eigenvalue weighted by Gasteiger charge is -2.19. The van der Waals surface area contributed by atoms with Gasteiger partial charge < -0.3 is 4.90 Å². The summed E-state index contributed by atoms with van der Waals surface area (Å²) in [7, 11) is 0. The van der Waals surface area contributed by atoms with Crippen molar-refractivity contribution in [3.8, 4) is 11.4 Å². The van der Waals surface area contributed by atoms with E-state index < -0.39 is 0 Å². The van der Waals surface area contributed by atoms with Crippen LogP contribution in [0.3, 0.4) is 0 Å². The second-order valence-electron chi connectivity index (χ2n) is 5.24. The molecule has 3 rings (SSSR count). The average Bonchev–Trinajstić information content (AvgIpc) is 3.22. The van der Waals surface area contributed by atoms with Gasteiger partial charge >= 0.3 is 0 Å². The van der Waals surface area contributed by atoms with Crippen molar-refractivity contribution in [1.29, 1.82) is 0 Å². The molecule has 0 radical (unpaired) electrons. The highest BCUT2D eigenvalue weighted by atomic mass is 35.5. The Morgan fingerprint density at radius 2 is 2.04 bits per heavy atom. The molecule has 25 heavy (non-hydrogen) atoms. The number of benzene rings is 1. The van der Waals surface area contributed by atoms with Gasteiger partial charge in [-0.05, 0) is 36.4 Å². The maximum atomic E-state index is 12.5. The third kappa shape index (κ3) is 4.36. The Morgan fingerprint density at radius 1 is 1.24 bits per heavy atom. The first-order chi connectivity index (χ1) is 12.1. The molecule has 1 amide bonds. The van der Waals surface area contributed by atoms with Gasteiger partial charge in [-0.3, -0.25) is 4.79 Å². The molecule has 0 unspecified atom stereocenters. The minimum absolute atomic E-state index is 0.0183. The van der Waals surface area contributed by atoms with Gasteiger partial charge in [0.15, 0.2) is 0 Å². The Morgan fingerprint density at radius 3 is 2.72 bits per heavy atom. The van der Waals surface area contributed by atoms with Gasteiger partial charge in [0.05, 0.1) is 15.9 Å². The van der Waals surface area contributed by atoms with E-state index in [0.29, 0.717) is 33.8 Å². The van der Waals surface area contributed by atoms with Gasteiger partial charge in [0, 0.05) is 17.0 Å². The summed E-state index contributed by atoms with van der Waals surface area (Å²) in [5.41, 5.74) is 0.684. The van der Waals surface area contributed by atoms with Crippen molar-refractivity contribution in [3.63, 3.8) is 0 Å². The Bertz CT molecular complexity index is 879. The van der Waals surface area contributed by atoms with E-state index in [0.717, 1.165) is 4.88 Å². The fourth-order valence-corrected chi connectivity index (χ4v) is 3.61. The topological polar surface area (TPSA) is 63.9 Å². The van der Waals surface area contributed by atoms with Crippen LogP contribution in [0.2, 0.25) is 9.36 Å². The monoisotopic (exact) mass is 395 g/mol. The van der Waals surface area contributed by atoms with Crippen LogP contribution < -0.4 is 0 Å². The van der Waals surface area contributed by atoms with Crippen molar-refractivity contribution in [2.45, 2.75) is 20.0 Å². The number of amides is 1. The number of aromatic nitrogens is 4. The number of likely N-dealkylation sites (N-methyl/N-ethyl adjacent to an activating group) is 1. The van der Waals surface area contributed by atoms with Crippen LogP contribution in [0.15, 0.2) is 36.4 Å². The van der Waals surface area contributed by atoms with Gasteiger partial charge in [-0.15, -0.1) is 21.5 Å². The minimum atomic E-state index is -0.0878. The number of tetrazole rings is 1.